The first-order valence-corrected chi connectivity index (χ1v) is 6.42. The summed E-state index contributed by atoms with van der Waals surface area (Å²) in [5.74, 6) is 1.93. The number of aliphatic hydroxyl groups is 1. The predicted octanol–water partition coefficient (Wildman–Crippen LogP) is 0.860. The number of aryl methyl sites for hydroxylation is 1. The fourth-order valence-electron chi connectivity index (χ4n) is 2.56. The standard InChI is InChI=1S/C12H22N4O/c1-10-13-14-12(15(10)2)9-16(7-8-17)11-5-3-4-6-11/h11,17H,3-9H2,1-2H3. The van der Waals surface area contributed by atoms with Gasteiger partial charge in [0.1, 0.15) is 11.6 Å². The lowest BCUT2D eigenvalue weighted by molar-refractivity contribution is 0.140. The van der Waals surface area contributed by atoms with Gasteiger partial charge in [0, 0.05) is 19.6 Å². The summed E-state index contributed by atoms with van der Waals surface area (Å²) < 4.78 is 2.03. The molecule has 17 heavy (non-hydrogen) atoms. The van der Waals surface area contributed by atoms with Gasteiger partial charge in [0.15, 0.2) is 0 Å². The van der Waals surface area contributed by atoms with E-state index in [-0.39, 0.29) is 6.61 Å². The SMILES string of the molecule is Cc1nnc(CN(CCO)C2CCCC2)n1C. The lowest BCUT2D eigenvalue weighted by atomic mass is 10.2. The Balaban J connectivity index is 2.04. The second kappa shape index (κ2) is 5.60. The van der Waals surface area contributed by atoms with Gasteiger partial charge in [-0.05, 0) is 19.8 Å². The summed E-state index contributed by atoms with van der Waals surface area (Å²) in [6.07, 6.45) is 5.11. The predicted molar refractivity (Wildman–Crippen MR) is 65.5 cm³/mol. The van der Waals surface area contributed by atoms with Crippen LogP contribution in [-0.2, 0) is 13.6 Å². The molecule has 0 unspecified atom stereocenters. The van der Waals surface area contributed by atoms with Crippen molar-refractivity contribution in [3.63, 3.8) is 0 Å². The smallest absolute Gasteiger partial charge is 0.146 e. The summed E-state index contributed by atoms with van der Waals surface area (Å²) in [6, 6.07) is 0.610. The third-order valence-electron chi connectivity index (χ3n) is 3.76. The second-order valence-electron chi connectivity index (χ2n) is 4.85. The van der Waals surface area contributed by atoms with Crippen LogP contribution in [0.5, 0.6) is 0 Å². The Hall–Kier alpha value is -0.940. The van der Waals surface area contributed by atoms with E-state index in [4.69, 9.17) is 5.11 Å². The number of nitrogens with zero attached hydrogens (tertiary/aromatic N) is 4. The molecule has 1 saturated carbocycles. The Labute approximate surface area is 102 Å². The molecule has 0 aliphatic heterocycles. The number of aliphatic hydroxyl groups excluding tert-OH is 1. The molecule has 1 fully saturated rings. The number of rotatable bonds is 5. The van der Waals surface area contributed by atoms with E-state index in [1.807, 2.05) is 18.5 Å². The van der Waals surface area contributed by atoms with Crippen molar-refractivity contribution in [2.75, 3.05) is 13.2 Å². The van der Waals surface area contributed by atoms with Gasteiger partial charge in [0.05, 0.1) is 13.2 Å². The molecule has 1 heterocycles. The van der Waals surface area contributed by atoms with Crippen LogP contribution < -0.4 is 0 Å². The highest BCUT2D eigenvalue weighted by atomic mass is 16.3. The topological polar surface area (TPSA) is 54.2 Å². The van der Waals surface area contributed by atoms with Gasteiger partial charge in [-0.15, -0.1) is 10.2 Å². The molecule has 1 N–H and O–H groups in total. The maximum absolute atomic E-state index is 9.17. The highest BCUT2D eigenvalue weighted by Crippen LogP contribution is 2.24. The zero-order valence-corrected chi connectivity index (χ0v) is 10.8. The first-order valence-electron chi connectivity index (χ1n) is 6.42. The van der Waals surface area contributed by atoms with Crippen molar-refractivity contribution >= 4 is 0 Å². The summed E-state index contributed by atoms with van der Waals surface area (Å²) in [5, 5.41) is 17.4. The van der Waals surface area contributed by atoms with E-state index in [1.165, 1.54) is 25.7 Å². The van der Waals surface area contributed by atoms with Gasteiger partial charge >= 0.3 is 0 Å². The number of hydrogen-bond acceptors (Lipinski definition) is 4. The van der Waals surface area contributed by atoms with Crippen LogP contribution in [0.2, 0.25) is 0 Å². The first kappa shape index (κ1) is 12.5. The van der Waals surface area contributed by atoms with Crippen molar-refractivity contribution in [1.82, 2.24) is 19.7 Å². The van der Waals surface area contributed by atoms with Gasteiger partial charge in [0.2, 0.25) is 0 Å². The maximum Gasteiger partial charge on any atom is 0.146 e. The Morgan fingerprint density at radius 3 is 2.59 bits per heavy atom. The zero-order chi connectivity index (χ0) is 12.3. The number of hydrogen-bond donors (Lipinski definition) is 1. The molecule has 0 bridgehead atoms. The summed E-state index contributed by atoms with van der Waals surface area (Å²) in [4.78, 5) is 2.34. The second-order valence-corrected chi connectivity index (χ2v) is 4.85. The largest absolute Gasteiger partial charge is 0.395 e. The van der Waals surface area contributed by atoms with Crippen LogP contribution >= 0.6 is 0 Å². The van der Waals surface area contributed by atoms with Crippen LogP contribution in [0.4, 0.5) is 0 Å². The van der Waals surface area contributed by atoms with Crippen molar-refractivity contribution in [3.05, 3.63) is 11.6 Å². The van der Waals surface area contributed by atoms with Crippen LogP contribution in [-0.4, -0.2) is 44.0 Å². The molecule has 1 aliphatic carbocycles. The van der Waals surface area contributed by atoms with Crippen molar-refractivity contribution in [3.8, 4) is 0 Å². The highest BCUT2D eigenvalue weighted by Gasteiger charge is 2.23. The van der Waals surface area contributed by atoms with E-state index < -0.39 is 0 Å². The van der Waals surface area contributed by atoms with Crippen LogP contribution in [0.1, 0.15) is 37.3 Å². The van der Waals surface area contributed by atoms with Crippen molar-refractivity contribution < 1.29 is 5.11 Å². The molecule has 0 atom stereocenters. The Bertz CT molecular complexity index is 357. The minimum atomic E-state index is 0.216. The van der Waals surface area contributed by atoms with Gasteiger partial charge < -0.3 is 9.67 Å². The van der Waals surface area contributed by atoms with E-state index in [0.29, 0.717) is 6.04 Å². The van der Waals surface area contributed by atoms with Crippen LogP contribution in [0.3, 0.4) is 0 Å². The molecular formula is C12H22N4O. The summed E-state index contributed by atoms with van der Waals surface area (Å²) in [5.41, 5.74) is 0. The van der Waals surface area contributed by atoms with E-state index in [2.05, 4.69) is 15.1 Å². The van der Waals surface area contributed by atoms with Crippen molar-refractivity contribution in [1.29, 1.82) is 0 Å². The van der Waals surface area contributed by atoms with Gasteiger partial charge in [-0.25, -0.2) is 0 Å². The fourth-order valence-corrected chi connectivity index (χ4v) is 2.56. The van der Waals surface area contributed by atoms with Gasteiger partial charge in [-0.2, -0.15) is 0 Å². The molecule has 0 radical (unpaired) electrons. The lowest BCUT2D eigenvalue weighted by Gasteiger charge is -2.27. The van der Waals surface area contributed by atoms with Gasteiger partial charge in [0.25, 0.3) is 0 Å². The highest BCUT2D eigenvalue weighted by molar-refractivity contribution is 4.93. The summed E-state index contributed by atoms with van der Waals surface area (Å²) in [6.45, 7) is 3.70. The van der Waals surface area contributed by atoms with Crippen molar-refractivity contribution in [2.24, 2.45) is 7.05 Å². The minimum absolute atomic E-state index is 0.216. The van der Waals surface area contributed by atoms with Crippen LogP contribution in [0.15, 0.2) is 0 Å². The third-order valence-corrected chi connectivity index (χ3v) is 3.76. The molecule has 5 heteroatoms. The fraction of sp³-hybridized carbons (Fsp3) is 0.833. The molecule has 1 aliphatic rings. The van der Waals surface area contributed by atoms with Gasteiger partial charge in [-0.1, -0.05) is 12.8 Å². The molecule has 0 amide bonds. The summed E-state index contributed by atoms with van der Waals surface area (Å²) in [7, 11) is 2.00. The Kier molecular flexibility index (Phi) is 4.12. The van der Waals surface area contributed by atoms with E-state index >= 15 is 0 Å². The normalized spacial score (nSPS) is 17.2. The average molecular weight is 238 g/mol. The monoisotopic (exact) mass is 238 g/mol. The lowest BCUT2D eigenvalue weighted by Crippen LogP contribution is -2.35. The zero-order valence-electron chi connectivity index (χ0n) is 10.8. The third kappa shape index (κ3) is 2.84. The molecule has 0 aromatic carbocycles. The summed E-state index contributed by atoms with van der Waals surface area (Å²) >= 11 is 0. The molecule has 96 valence electrons. The molecule has 1 aromatic rings. The van der Waals surface area contributed by atoms with Crippen LogP contribution in [0.25, 0.3) is 0 Å². The molecular weight excluding hydrogens is 216 g/mol. The van der Waals surface area contributed by atoms with Crippen LogP contribution in [0, 0.1) is 6.92 Å². The van der Waals surface area contributed by atoms with Gasteiger partial charge in [-0.3, -0.25) is 4.90 Å². The first-order chi connectivity index (χ1) is 8.22. The minimum Gasteiger partial charge on any atom is -0.395 e. The van der Waals surface area contributed by atoms with E-state index in [9.17, 15) is 0 Å². The quantitative estimate of drug-likeness (QED) is 0.826. The molecule has 5 nitrogen and oxygen atoms in total. The molecule has 0 spiro atoms. The van der Waals surface area contributed by atoms with E-state index in [1.54, 1.807) is 0 Å². The Morgan fingerprint density at radius 1 is 1.35 bits per heavy atom. The van der Waals surface area contributed by atoms with E-state index in [0.717, 1.165) is 24.7 Å². The van der Waals surface area contributed by atoms with Crippen molar-refractivity contribution in [2.45, 2.75) is 45.2 Å². The molecule has 2 rings (SSSR count). The Morgan fingerprint density at radius 2 is 2.06 bits per heavy atom. The molecule has 1 aromatic heterocycles. The maximum atomic E-state index is 9.17. The number of aromatic nitrogens is 3. The molecule has 0 saturated heterocycles. The average Bonchev–Trinajstić information content (AvgIpc) is 2.93.